The van der Waals surface area contributed by atoms with Crippen molar-refractivity contribution in [1.82, 2.24) is 15.6 Å². The van der Waals surface area contributed by atoms with Gasteiger partial charge in [0.1, 0.15) is 6.04 Å². The lowest BCUT2D eigenvalue weighted by atomic mass is 9.84. The quantitative estimate of drug-likeness (QED) is 0.126. The molecule has 6 rings (SSSR count). The summed E-state index contributed by atoms with van der Waals surface area (Å²) in [5.41, 5.74) is 4.51. The summed E-state index contributed by atoms with van der Waals surface area (Å²) in [6, 6.07) is 36.6. The smallest absolute Gasteiger partial charge is 0.407 e. The van der Waals surface area contributed by atoms with Crippen LogP contribution in [0.15, 0.2) is 126 Å². The van der Waals surface area contributed by atoms with Crippen molar-refractivity contribution < 1.29 is 19.1 Å². The predicted octanol–water partition coefficient (Wildman–Crippen LogP) is 6.81. The van der Waals surface area contributed by atoms with E-state index in [0.717, 1.165) is 52.9 Å². The van der Waals surface area contributed by atoms with Crippen molar-refractivity contribution in [2.45, 2.75) is 41.9 Å². The average Bonchev–Trinajstić information content (AvgIpc) is 3.14. The van der Waals surface area contributed by atoms with Crippen LogP contribution in [-0.2, 0) is 20.7 Å². The van der Waals surface area contributed by atoms with Crippen LogP contribution in [0.4, 0.5) is 10.5 Å². The molecule has 8 nitrogen and oxygen atoms in total. The average molecular weight is 661 g/mol. The van der Waals surface area contributed by atoms with E-state index < -0.39 is 18.1 Å². The lowest BCUT2D eigenvalue weighted by Gasteiger charge is -2.31. The number of morpholine rings is 1. The third kappa shape index (κ3) is 8.41. The lowest BCUT2D eigenvalue weighted by Crippen LogP contribution is -2.48. The minimum Gasteiger partial charge on any atom is -0.453 e. The van der Waals surface area contributed by atoms with E-state index in [0.29, 0.717) is 12.1 Å². The lowest BCUT2D eigenvalue weighted by molar-refractivity contribution is -0.118. The second-order valence-corrected chi connectivity index (χ2v) is 12.8. The standard InChI is InChI=1S/C39H40N4O4S/c1-46-39(45)43-37(36(28-13-4-2-5-14-28)29-15-6-3-7-16-29)38(44)42-33-18-9-8-12-27(33)21-22-30-24-40-25-31(47-30)26-48-35-20-10-19-34-32(35)17-11-23-41-34/h2-20,23,30-31,36-37,40H,21-22,24-26H2,1H3,(H,42,44)(H,43,45)/t30-,31+,37?/m1/s1. The first-order valence-electron chi connectivity index (χ1n) is 16.2. The molecular weight excluding hydrogens is 621 g/mol. The highest BCUT2D eigenvalue weighted by molar-refractivity contribution is 7.99. The van der Waals surface area contributed by atoms with Gasteiger partial charge in [0.05, 0.1) is 24.8 Å². The van der Waals surface area contributed by atoms with Crippen molar-refractivity contribution >= 4 is 40.4 Å². The van der Waals surface area contributed by atoms with Crippen molar-refractivity contribution in [3.05, 3.63) is 138 Å². The molecule has 0 bridgehead atoms. The van der Waals surface area contributed by atoms with Gasteiger partial charge < -0.3 is 25.4 Å². The molecule has 2 heterocycles. The molecule has 5 aromatic rings. The van der Waals surface area contributed by atoms with Crippen LogP contribution in [0.5, 0.6) is 0 Å². The largest absolute Gasteiger partial charge is 0.453 e. The van der Waals surface area contributed by atoms with Crippen molar-refractivity contribution in [1.29, 1.82) is 0 Å². The molecule has 1 unspecified atom stereocenters. The third-order valence-corrected chi connectivity index (χ3v) is 9.77. The number of carbonyl (C=O) groups is 2. The Morgan fingerprint density at radius 2 is 1.58 bits per heavy atom. The molecule has 1 aliphatic heterocycles. The first-order chi connectivity index (χ1) is 23.6. The van der Waals surface area contributed by atoms with Crippen LogP contribution in [0.2, 0.25) is 0 Å². The number of ether oxygens (including phenoxy) is 2. The highest BCUT2D eigenvalue weighted by atomic mass is 32.2. The van der Waals surface area contributed by atoms with Gasteiger partial charge in [0.15, 0.2) is 0 Å². The minimum absolute atomic E-state index is 0.0385. The van der Waals surface area contributed by atoms with Gasteiger partial charge in [0, 0.05) is 46.9 Å². The van der Waals surface area contributed by atoms with E-state index in [9.17, 15) is 9.59 Å². The fourth-order valence-electron chi connectivity index (χ4n) is 6.20. The number of pyridine rings is 1. The maximum absolute atomic E-state index is 14.1. The number of carbonyl (C=O) groups excluding carboxylic acids is 2. The van der Waals surface area contributed by atoms with Crippen LogP contribution in [-0.4, -0.2) is 61.2 Å². The number of nitrogens with one attached hydrogen (secondary N) is 3. The molecule has 0 radical (unpaired) electrons. The molecular formula is C39H40N4O4S. The molecule has 246 valence electrons. The zero-order chi connectivity index (χ0) is 33.1. The van der Waals surface area contributed by atoms with E-state index in [1.165, 1.54) is 12.0 Å². The van der Waals surface area contributed by atoms with Crippen molar-refractivity contribution in [2.24, 2.45) is 0 Å². The number of aryl methyl sites for hydroxylation is 1. The topological polar surface area (TPSA) is 102 Å². The first-order valence-corrected chi connectivity index (χ1v) is 17.2. The van der Waals surface area contributed by atoms with Crippen LogP contribution in [0.3, 0.4) is 0 Å². The highest BCUT2D eigenvalue weighted by Crippen LogP contribution is 2.31. The Labute approximate surface area is 285 Å². The number of benzene rings is 4. The van der Waals surface area contributed by atoms with Gasteiger partial charge in [0.2, 0.25) is 5.91 Å². The molecule has 48 heavy (non-hydrogen) atoms. The second kappa shape index (κ2) is 16.4. The number of nitrogens with zero attached hydrogens (tertiary/aromatic N) is 1. The number of hydrogen-bond acceptors (Lipinski definition) is 7. The van der Waals surface area contributed by atoms with E-state index in [1.54, 1.807) is 11.8 Å². The number of amides is 2. The number of thioether (sulfide) groups is 1. The van der Waals surface area contributed by atoms with Gasteiger partial charge in [-0.2, -0.15) is 0 Å². The second-order valence-electron chi connectivity index (χ2n) is 11.8. The molecule has 1 aliphatic rings. The number of rotatable bonds is 12. The van der Waals surface area contributed by atoms with Gasteiger partial charge in [-0.3, -0.25) is 9.78 Å². The molecule has 3 N–H and O–H groups in total. The van der Waals surface area contributed by atoms with Crippen molar-refractivity contribution in [2.75, 3.05) is 31.3 Å². The molecule has 0 saturated carbocycles. The monoisotopic (exact) mass is 660 g/mol. The first kappa shape index (κ1) is 33.2. The summed E-state index contributed by atoms with van der Waals surface area (Å²) in [5, 5.41) is 10.7. The fourth-order valence-corrected chi connectivity index (χ4v) is 7.26. The van der Waals surface area contributed by atoms with Gasteiger partial charge >= 0.3 is 6.09 Å². The van der Waals surface area contributed by atoms with Crippen molar-refractivity contribution in [3.63, 3.8) is 0 Å². The number of aromatic nitrogens is 1. The predicted molar refractivity (Wildman–Crippen MR) is 191 cm³/mol. The molecule has 0 spiro atoms. The van der Waals surface area contributed by atoms with E-state index in [1.807, 2.05) is 109 Å². The summed E-state index contributed by atoms with van der Waals surface area (Å²) >= 11 is 1.80. The Balaban J connectivity index is 1.13. The SMILES string of the molecule is COC(=O)NC(C(=O)Nc1ccccc1CC[C@@H]1CNC[C@@H](CSc2cccc3ncccc23)O1)C(c1ccccc1)c1ccccc1. The van der Waals surface area contributed by atoms with Gasteiger partial charge in [0.25, 0.3) is 0 Å². The fraction of sp³-hybridized carbons (Fsp3) is 0.256. The zero-order valence-electron chi connectivity index (χ0n) is 26.9. The Hall–Kier alpha value is -4.70. The molecule has 9 heteroatoms. The van der Waals surface area contributed by atoms with E-state index >= 15 is 0 Å². The van der Waals surface area contributed by atoms with Crippen LogP contribution >= 0.6 is 11.8 Å². The summed E-state index contributed by atoms with van der Waals surface area (Å²) in [7, 11) is 1.30. The number of alkyl carbamates (subject to hydrolysis) is 1. The van der Waals surface area contributed by atoms with E-state index in [-0.39, 0.29) is 18.1 Å². The Bertz CT molecular complexity index is 1760. The number of para-hydroxylation sites is 1. The van der Waals surface area contributed by atoms with E-state index in [2.05, 4.69) is 33.1 Å². The van der Waals surface area contributed by atoms with Gasteiger partial charge in [-0.15, -0.1) is 11.8 Å². The van der Waals surface area contributed by atoms with Crippen LogP contribution in [0, 0.1) is 0 Å². The number of methoxy groups -OCH3 is 1. The summed E-state index contributed by atoms with van der Waals surface area (Å²) in [6.45, 7) is 1.58. The van der Waals surface area contributed by atoms with E-state index in [4.69, 9.17) is 9.47 Å². The Morgan fingerprint density at radius 1 is 0.875 bits per heavy atom. The highest BCUT2D eigenvalue weighted by Gasteiger charge is 2.33. The Kier molecular flexibility index (Phi) is 11.4. The summed E-state index contributed by atoms with van der Waals surface area (Å²) < 4.78 is 11.5. The van der Waals surface area contributed by atoms with Gasteiger partial charge in [-0.1, -0.05) is 91.0 Å². The molecule has 2 amide bonds. The van der Waals surface area contributed by atoms with Crippen LogP contribution in [0.25, 0.3) is 10.9 Å². The minimum atomic E-state index is -0.933. The Morgan fingerprint density at radius 3 is 2.33 bits per heavy atom. The summed E-state index contributed by atoms with van der Waals surface area (Å²) in [5.74, 6) is 0.0603. The number of fused-ring (bicyclic) bond motifs is 1. The van der Waals surface area contributed by atoms with Crippen molar-refractivity contribution in [3.8, 4) is 0 Å². The molecule has 1 fully saturated rings. The van der Waals surface area contributed by atoms with Crippen LogP contribution < -0.4 is 16.0 Å². The molecule has 1 aromatic heterocycles. The van der Waals surface area contributed by atoms with Crippen LogP contribution in [0.1, 0.15) is 29.0 Å². The summed E-state index contributed by atoms with van der Waals surface area (Å²) in [4.78, 5) is 32.4. The number of anilines is 1. The molecule has 4 aromatic carbocycles. The molecule has 0 aliphatic carbocycles. The van der Waals surface area contributed by atoms with Gasteiger partial charge in [-0.05, 0) is 53.8 Å². The van der Waals surface area contributed by atoms with Gasteiger partial charge in [-0.25, -0.2) is 4.79 Å². The zero-order valence-corrected chi connectivity index (χ0v) is 27.7. The maximum Gasteiger partial charge on any atom is 0.407 e. The summed E-state index contributed by atoms with van der Waals surface area (Å²) in [6.07, 6.45) is 2.77. The number of hydrogen-bond donors (Lipinski definition) is 3. The normalized spacial score (nSPS) is 16.7. The molecule has 3 atom stereocenters. The molecule has 1 saturated heterocycles. The third-order valence-electron chi connectivity index (χ3n) is 8.56. The maximum atomic E-state index is 14.1.